The molecule has 93 valence electrons. The number of nitrogens with one attached hydrogen (secondary N) is 1. The third kappa shape index (κ3) is 2.72. The number of hydroxylamine groups is 2. The summed E-state index contributed by atoms with van der Waals surface area (Å²) in [5.74, 6) is -0.157. The first kappa shape index (κ1) is 13.4. The fraction of sp³-hybridized carbons (Fsp3) is 0.909. The highest BCUT2D eigenvalue weighted by molar-refractivity contribution is 5.78. The van der Waals surface area contributed by atoms with E-state index in [-0.39, 0.29) is 18.5 Å². The van der Waals surface area contributed by atoms with Crippen LogP contribution >= 0.6 is 0 Å². The van der Waals surface area contributed by atoms with E-state index in [4.69, 9.17) is 5.73 Å². The second-order valence-corrected chi connectivity index (χ2v) is 5.80. The van der Waals surface area contributed by atoms with Crippen LogP contribution in [0.1, 0.15) is 40.5 Å². The average molecular weight is 228 g/mol. The van der Waals surface area contributed by atoms with Gasteiger partial charge in [0.2, 0.25) is 5.91 Å². The quantitative estimate of drug-likeness (QED) is 0.719. The van der Waals surface area contributed by atoms with Gasteiger partial charge >= 0.3 is 0 Å². The lowest BCUT2D eigenvalue weighted by Gasteiger charge is -2.49. The zero-order valence-corrected chi connectivity index (χ0v) is 10.5. The number of hydrogen-bond acceptors (Lipinski definition) is 3. The van der Waals surface area contributed by atoms with E-state index < -0.39 is 11.1 Å². The Balaban J connectivity index is 2.75. The van der Waals surface area contributed by atoms with Gasteiger partial charge in [0.1, 0.15) is 0 Å². The summed E-state index contributed by atoms with van der Waals surface area (Å²) < 4.78 is 0. The molecule has 0 aromatic carbocycles. The molecule has 0 aromatic rings. The van der Waals surface area contributed by atoms with Crippen molar-refractivity contribution in [1.82, 2.24) is 10.4 Å². The van der Waals surface area contributed by atoms with Crippen LogP contribution in [0.15, 0.2) is 0 Å². The lowest BCUT2D eigenvalue weighted by Crippen LogP contribution is -2.62. The van der Waals surface area contributed by atoms with Crippen LogP contribution < -0.4 is 11.1 Å². The monoisotopic (exact) mass is 228 g/mol. The molecule has 1 radical (unpaired) electrons. The van der Waals surface area contributed by atoms with Gasteiger partial charge in [-0.1, -0.05) is 0 Å². The number of carbonyl (C=O) groups is 1. The van der Waals surface area contributed by atoms with Crippen LogP contribution in [0.2, 0.25) is 0 Å². The van der Waals surface area contributed by atoms with Crippen LogP contribution in [0.5, 0.6) is 0 Å². The zero-order valence-electron chi connectivity index (χ0n) is 10.5. The van der Waals surface area contributed by atoms with E-state index in [0.717, 1.165) is 5.06 Å². The molecule has 0 unspecified atom stereocenters. The van der Waals surface area contributed by atoms with Gasteiger partial charge in [-0.3, -0.25) is 4.79 Å². The van der Waals surface area contributed by atoms with Gasteiger partial charge in [-0.2, -0.15) is 0 Å². The molecule has 0 aromatic heterocycles. The second-order valence-electron chi connectivity index (χ2n) is 5.80. The first-order valence-electron chi connectivity index (χ1n) is 5.66. The number of nitrogens with zero attached hydrogens (tertiary/aromatic N) is 1. The highest BCUT2D eigenvalue weighted by atomic mass is 16.5. The van der Waals surface area contributed by atoms with Gasteiger partial charge in [0.05, 0.1) is 6.54 Å². The summed E-state index contributed by atoms with van der Waals surface area (Å²) in [6.45, 7) is 7.62. The first-order chi connectivity index (χ1) is 7.19. The van der Waals surface area contributed by atoms with Crippen LogP contribution in [0.3, 0.4) is 0 Å². The fourth-order valence-electron chi connectivity index (χ4n) is 2.65. The van der Waals surface area contributed by atoms with Gasteiger partial charge in [0.25, 0.3) is 0 Å². The number of piperidine rings is 1. The number of carbonyl (C=O) groups excluding carboxylic acids is 1. The van der Waals surface area contributed by atoms with Crippen molar-refractivity contribution in [2.75, 3.05) is 6.54 Å². The molecule has 1 saturated heterocycles. The Morgan fingerprint density at radius 2 is 1.75 bits per heavy atom. The molecule has 0 spiro atoms. The Morgan fingerprint density at radius 1 is 1.31 bits per heavy atom. The molecule has 0 bridgehead atoms. The summed E-state index contributed by atoms with van der Waals surface area (Å²) in [7, 11) is 0. The minimum absolute atomic E-state index is 0.00154. The third-order valence-electron chi connectivity index (χ3n) is 3.14. The summed E-state index contributed by atoms with van der Waals surface area (Å²) in [6.07, 6.45) is 1.32. The zero-order chi connectivity index (χ0) is 12.6. The lowest BCUT2D eigenvalue weighted by atomic mass is 9.79. The van der Waals surface area contributed by atoms with E-state index in [1.54, 1.807) is 0 Å². The first-order valence-corrected chi connectivity index (χ1v) is 5.66. The van der Waals surface area contributed by atoms with Crippen molar-refractivity contribution in [1.29, 1.82) is 0 Å². The highest BCUT2D eigenvalue weighted by Crippen LogP contribution is 2.36. The van der Waals surface area contributed by atoms with Crippen molar-refractivity contribution in [2.45, 2.75) is 57.7 Å². The van der Waals surface area contributed by atoms with Crippen molar-refractivity contribution in [2.24, 2.45) is 5.73 Å². The maximum Gasteiger partial charge on any atom is 0.233 e. The van der Waals surface area contributed by atoms with Crippen LogP contribution in [-0.4, -0.2) is 34.6 Å². The summed E-state index contributed by atoms with van der Waals surface area (Å²) in [5, 5.41) is 16.1. The smallest absolute Gasteiger partial charge is 0.233 e. The number of rotatable bonds is 2. The van der Waals surface area contributed by atoms with Gasteiger partial charge in [0.15, 0.2) is 0 Å². The largest absolute Gasteiger partial charge is 0.352 e. The summed E-state index contributed by atoms with van der Waals surface area (Å²) in [5.41, 5.74) is 4.37. The van der Waals surface area contributed by atoms with Crippen LogP contribution in [0.25, 0.3) is 0 Å². The molecule has 0 atom stereocenters. The molecular formula is C11H22N3O2. The van der Waals surface area contributed by atoms with Gasteiger partial charge in [-0.15, -0.1) is 10.3 Å². The molecule has 16 heavy (non-hydrogen) atoms. The Morgan fingerprint density at radius 3 is 2.12 bits per heavy atom. The van der Waals surface area contributed by atoms with Crippen molar-refractivity contribution >= 4 is 5.91 Å². The van der Waals surface area contributed by atoms with Crippen molar-refractivity contribution < 1.29 is 10.0 Å². The molecule has 1 rings (SSSR count). The molecule has 5 nitrogen and oxygen atoms in total. The predicted octanol–water partition coefficient (Wildman–Crippen LogP) is 0.428. The van der Waals surface area contributed by atoms with Gasteiger partial charge in [-0.05, 0) is 40.5 Å². The second kappa shape index (κ2) is 4.31. The van der Waals surface area contributed by atoms with E-state index >= 15 is 0 Å². The minimum atomic E-state index is -0.450. The molecule has 1 fully saturated rings. The van der Waals surface area contributed by atoms with Crippen molar-refractivity contribution in [3.05, 3.63) is 0 Å². The Bertz CT molecular complexity index is 258. The van der Waals surface area contributed by atoms with Crippen molar-refractivity contribution in [3.8, 4) is 0 Å². The highest BCUT2D eigenvalue weighted by Gasteiger charge is 2.46. The van der Waals surface area contributed by atoms with E-state index in [0.29, 0.717) is 12.8 Å². The summed E-state index contributed by atoms with van der Waals surface area (Å²) >= 11 is 0. The standard InChI is InChI=1S/C11H22N3O2/c1-10(2)5-8(13-9(15)7-12)6-11(3,4)14(10)16/h8H,5-7,12H2,1-4H3,(H,13,15). The van der Waals surface area contributed by atoms with E-state index in [1.807, 2.05) is 27.7 Å². The van der Waals surface area contributed by atoms with Gasteiger partial charge in [0, 0.05) is 17.1 Å². The summed E-state index contributed by atoms with van der Waals surface area (Å²) in [4.78, 5) is 11.3. The molecule has 1 heterocycles. The number of hydrogen-bond donors (Lipinski definition) is 2. The van der Waals surface area contributed by atoms with E-state index in [9.17, 15) is 10.0 Å². The molecule has 5 heteroatoms. The maximum absolute atomic E-state index is 12.0. The van der Waals surface area contributed by atoms with Crippen LogP contribution in [-0.2, 0) is 10.0 Å². The Hall–Kier alpha value is -0.650. The molecule has 1 aliphatic rings. The number of nitrogens with two attached hydrogens (primary N) is 1. The molecule has 1 aliphatic heterocycles. The average Bonchev–Trinajstić information content (AvgIpc) is 2.13. The maximum atomic E-state index is 12.0. The lowest BCUT2D eigenvalue weighted by molar-refractivity contribution is -0.290. The van der Waals surface area contributed by atoms with E-state index in [1.165, 1.54) is 0 Å². The van der Waals surface area contributed by atoms with E-state index in [2.05, 4.69) is 5.32 Å². The normalized spacial score (nSPS) is 25.4. The molecule has 0 saturated carbocycles. The Labute approximate surface area is 96.9 Å². The topological polar surface area (TPSA) is 78.3 Å². The fourth-order valence-corrected chi connectivity index (χ4v) is 2.65. The molecular weight excluding hydrogens is 206 g/mol. The van der Waals surface area contributed by atoms with Crippen LogP contribution in [0.4, 0.5) is 0 Å². The minimum Gasteiger partial charge on any atom is -0.352 e. The predicted molar refractivity (Wildman–Crippen MR) is 60.9 cm³/mol. The number of amides is 1. The Kier molecular flexibility index (Phi) is 3.62. The molecule has 3 N–H and O–H groups in total. The van der Waals surface area contributed by atoms with Gasteiger partial charge in [-0.25, -0.2) is 0 Å². The SMILES string of the molecule is CC1(C)CC(NC(=O)CN)CC(C)(C)N1[O]. The van der Waals surface area contributed by atoms with Crippen LogP contribution in [0, 0.1) is 0 Å². The van der Waals surface area contributed by atoms with Crippen molar-refractivity contribution in [3.63, 3.8) is 0 Å². The van der Waals surface area contributed by atoms with Gasteiger partial charge < -0.3 is 11.1 Å². The summed E-state index contributed by atoms with van der Waals surface area (Å²) in [6, 6.07) is 0.0336. The molecule has 1 amide bonds. The molecule has 0 aliphatic carbocycles. The third-order valence-corrected chi connectivity index (χ3v) is 3.14.